The summed E-state index contributed by atoms with van der Waals surface area (Å²) < 4.78 is 6.29. The second-order valence-electron chi connectivity index (χ2n) is 5.00. The van der Waals surface area contributed by atoms with E-state index in [0.29, 0.717) is 24.5 Å². The molecule has 0 aliphatic carbocycles. The molecule has 22 heavy (non-hydrogen) atoms. The number of hydrogen-bond donors (Lipinski definition) is 0. The Bertz CT molecular complexity index is 714. The molecule has 3 rings (SSSR count). The minimum absolute atomic E-state index is 0.0211. The fourth-order valence-electron chi connectivity index (χ4n) is 2.35. The molecule has 2 aromatic rings. The number of aromatic nitrogens is 1. The van der Waals surface area contributed by atoms with Crippen LogP contribution in [-0.4, -0.2) is 28.0 Å². The first kappa shape index (κ1) is 15.3. The predicted octanol–water partition coefficient (Wildman–Crippen LogP) is 3.49. The number of halogens is 1. The average molecular weight is 381 g/mol. The van der Waals surface area contributed by atoms with Crippen LogP contribution < -0.4 is 4.90 Å². The van der Waals surface area contributed by atoms with Gasteiger partial charge in [0.1, 0.15) is 5.69 Å². The summed E-state index contributed by atoms with van der Waals surface area (Å²) in [6.45, 7) is 1.98. The Morgan fingerprint density at radius 3 is 2.82 bits per heavy atom. The van der Waals surface area contributed by atoms with Gasteiger partial charge in [-0.2, -0.15) is 0 Å². The molecule has 1 aliphatic heterocycles. The summed E-state index contributed by atoms with van der Waals surface area (Å²) in [5.74, 6) is 0.381. The van der Waals surface area contributed by atoms with Crippen molar-refractivity contribution in [2.45, 2.75) is 18.6 Å². The van der Waals surface area contributed by atoms with Crippen LogP contribution in [0.15, 0.2) is 39.3 Å². The van der Waals surface area contributed by atoms with Crippen LogP contribution in [0.5, 0.6) is 0 Å². The maximum absolute atomic E-state index is 12.1. The Balaban J connectivity index is 1.77. The van der Waals surface area contributed by atoms with Gasteiger partial charge in [-0.25, -0.2) is 0 Å². The Morgan fingerprint density at radius 2 is 2.14 bits per heavy atom. The van der Waals surface area contributed by atoms with Crippen molar-refractivity contribution < 1.29 is 14.1 Å². The number of carbonyl (C=O) groups is 2. The second-order valence-corrected chi connectivity index (χ2v) is 7.39. The molecule has 1 atom stereocenters. The molecular formula is C15H13BrN2O3S. The third-order valence-corrected chi connectivity index (χ3v) is 4.84. The SMILES string of the molecule is CC(=O)SC1CC(=O)N(c2cc(-c3ccc(Br)cc3)no2)C1. The number of hydrogen-bond acceptors (Lipinski definition) is 5. The maximum Gasteiger partial charge on any atom is 0.234 e. The van der Waals surface area contributed by atoms with E-state index < -0.39 is 0 Å². The number of anilines is 1. The van der Waals surface area contributed by atoms with Crippen LogP contribution in [0.3, 0.4) is 0 Å². The summed E-state index contributed by atoms with van der Waals surface area (Å²) in [6.07, 6.45) is 0.346. The highest BCUT2D eigenvalue weighted by molar-refractivity contribution is 9.10. The lowest BCUT2D eigenvalue weighted by atomic mass is 10.1. The van der Waals surface area contributed by atoms with Crippen LogP contribution in [0.4, 0.5) is 5.88 Å². The van der Waals surface area contributed by atoms with E-state index in [1.807, 2.05) is 24.3 Å². The quantitative estimate of drug-likeness (QED) is 0.815. The summed E-state index contributed by atoms with van der Waals surface area (Å²) in [7, 11) is 0. The zero-order valence-corrected chi connectivity index (χ0v) is 14.2. The fraction of sp³-hybridized carbons (Fsp3) is 0.267. The van der Waals surface area contributed by atoms with Crippen molar-refractivity contribution in [1.29, 1.82) is 0 Å². The second kappa shape index (κ2) is 6.26. The number of rotatable bonds is 3. The zero-order valence-electron chi connectivity index (χ0n) is 11.8. The van der Waals surface area contributed by atoms with Crippen LogP contribution in [0.2, 0.25) is 0 Å². The van der Waals surface area contributed by atoms with Gasteiger partial charge in [-0.15, -0.1) is 0 Å². The first-order valence-electron chi connectivity index (χ1n) is 6.73. The van der Waals surface area contributed by atoms with Crippen molar-refractivity contribution in [3.05, 3.63) is 34.8 Å². The van der Waals surface area contributed by atoms with Gasteiger partial charge in [0, 0.05) is 41.2 Å². The summed E-state index contributed by atoms with van der Waals surface area (Å²) in [6, 6.07) is 9.44. The van der Waals surface area contributed by atoms with E-state index in [1.165, 1.54) is 18.7 Å². The lowest BCUT2D eigenvalue weighted by molar-refractivity contribution is -0.117. The summed E-state index contributed by atoms with van der Waals surface area (Å²) in [5.41, 5.74) is 1.59. The number of nitrogens with zero attached hydrogens (tertiary/aromatic N) is 2. The lowest BCUT2D eigenvalue weighted by Crippen LogP contribution is -2.24. The standard InChI is InChI=1S/C15H13BrN2O3S/c1-9(19)22-12-6-14(20)18(8-12)15-7-13(17-21-15)10-2-4-11(16)5-3-10/h2-5,7,12H,6,8H2,1H3. The van der Waals surface area contributed by atoms with Crippen LogP contribution in [-0.2, 0) is 9.59 Å². The van der Waals surface area contributed by atoms with Gasteiger partial charge in [-0.1, -0.05) is 45.0 Å². The summed E-state index contributed by atoms with van der Waals surface area (Å²) >= 11 is 4.58. The number of amides is 1. The molecule has 0 N–H and O–H groups in total. The van der Waals surface area contributed by atoms with Crippen molar-refractivity contribution in [3.8, 4) is 11.3 Å². The molecule has 2 heterocycles. The first-order chi connectivity index (χ1) is 10.5. The van der Waals surface area contributed by atoms with Crippen molar-refractivity contribution >= 4 is 44.6 Å². The smallest absolute Gasteiger partial charge is 0.234 e. The monoisotopic (exact) mass is 380 g/mol. The normalized spacial score (nSPS) is 18.0. The van der Waals surface area contributed by atoms with Crippen molar-refractivity contribution in [1.82, 2.24) is 5.16 Å². The highest BCUT2D eigenvalue weighted by Crippen LogP contribution is 2.31. The fourth-order valence-corrected chi connectivity index (χ4v) is 3.53. The highest BCUT2D eigenvalue weighted by atomic mass is 79.9. The first-order valence-corrected chi connectivity index (χ1v) is 8.40. The van der Waals surface area contributed by atoms with E-state index in [-0.39, 0.29) is 16.3 Å². The van der Waals surface area contributed by atoms with Crippen LogP contribution in [0, 0.1) is 0 Å². The molecule has 5 nitrogen and oxygen atoms in total. The van der Waals surface area contributed by atoms with E-state index in [1.54, 1.807) is 11.0 Å². The van der Waals surface area contributed by atoms with Crippen molar-refractivity contribution in [3.63, 3.8) is 0 Å². The van der Waals surface area contributed by atoms with Gasteiger partial charge in [0.15, 0.2) is 5.12 Å². The van der Waals surface area contributed by atoms with E-state index in [2.05, 4.69) is 21.1 Å². The molecule has 0 bridgehead atoms. The molecule has 1 unspecified atom stereocenters. The van der Waals surface area contributed by atoms with Gasteiger partial charge in [0.2, 0.25) is 11.8 Å². The topological polar surface area (TPSA) is 63.4 Å². The lowest BCUT2D eigenvalue weighted by Gasteiger charge is -2.10. The third kappa shape index (κ3) is 3.25. The summed E-state index contributed by atoms with van der Waals surface area (Å²) in [5, 5.41) is 4.02. The van der Waals surface area contributed by atoms with Crippen molar-refractivity contribution in [2.75, 3.05) is 11.4 Å². The molecule has 1 amide bonds. The molecule has 1 aromatic heterocycles. The molecule has 0 saturated carbocycles. The highest BCUT2D eigenvalue weighted by Gasteiger charge is 2.34. The third-order valence-electron chi connectivity index (χ3n) is 3.33. The van der Waals surface area contributed by atoms with Gasteiger partial charge in [-0.3, -0.25) is 14.5 Å². The number of carbonyl (C=O) groups excluding carboxylic acids is 2. The molecule has 1 aliphatic rings. The van der Waals surface area contributed by atoms with E-state index in [0.717, 1.165) is 10.0 Å². The molecule has 0 radical (unpaired) electrons. The Hall–Kier alpha value is -1.60. The van der Waals surface area contributed by atoms with E-state index >= 15 is 0 Å². The molecule has 114 valence electrons. The van der Waals surface area contributed by atoms with E-state index in [4.69, 9.17) is 4.52 Å². The van der Waals surface area contributed by atoms with Crippen LogP contribution >= 0.6 is 27.7 Å². The van der Waals surface area contributed by atoms with Gasteiger partial charge < -0.3 is 4.52 Å². The largest absolute Gasteiger partial charge is 0.338 e. The number of thioether (sulfide) groups is 1. The Morgan fingerprint density at radius 1 is 1.41 bits per heavy atom. The molecule has 7 heteroatoms. The van der Waals surface area contributed by atoms with Gasteiger partial charge in [0.25, 0.3) is 0 Å². The molecule has 0 spiro atoms. The minimum atomic E-state index is -0.0442. The minimum Gasteiger partial charge on any atom is -0.338 e. The molecule has 1 aromatic carbocycles. The molecular weight excluding hydrogens is 368 g/mol. The predicted molar refractivity (Wildman–Crippen MR) is 88.7 cm³/mol. The average Bonchev–Trinajstić information content (AvgIpc) is 3.06. The molecule has 1 saturated heterocycles. The van der Waals surface area contributed by atoms with Gasteiger partial charge in [0.05, 0.1) is 0 Å². The van der Waals surface area contributed by atoms with Crippen LogP contribution in [0.25, 0.3) is 11.3 Å². The molecule has 1 fully saturated rings. The summed E-state index contributed by atoms with van der Waals surface area (Å²) in [4.78, 5) is 24.8. The Labute approximate surface area is 140 Å². The maximum atomic E-state index is 12.1. The van der Waals surface area contributed by atoms with Crippen LogP contribution in [0.1, 0.15) is 13.3 Å². The Kier molecular flexibility index (Phi) is 4.35. The zero-order chi connectivity index (χ0) is 15.7. The van der Waals surface area contributed by atoms with E-state index in [9.17, 15) is 9.59 Å². The van der Waals surface area contributed by atoms with Crippen molar-refractivity contribution in [2.24, 2.45) is 0 Å². The number of benzene rings is 1. The van der Waals surface area contributed by atoms with Gasteiger partial charge >= 0.3 is 0 Å². The van der Waals surface area contributed by atoms with Gasteiger partial charge in [-0.05, 0) is 12.1 Å².